The normalized spacial score (nSPS) is 25.6. The van der Waals surface area contributed by atoms with Gasteiger partial charge in [-0.3, -0.25) is 19.4 Å². The van der Waals surface area contributed by atoms with Crippen molar-refractivity contribution in [2.75, 3.05) is 26.7 Å². The molecule has 0 bridgehead atoms. The third-order valence-corrected chi connectivity index (χ3v) is 5.67. The number of hydrogen-bond donors (Lipinski definition) is 3. The van der Waals surface area contributed by atoms with Crippen LogP contribution in [0.25, 0.3) is 0 Å². The smallest absolute Gasteiger partial charge is 0.239 e. The molecule has 152 valence electrons. The lowest BCUT2D eigenvalue weighted by Gasteiger charge is -2.32. The van der Waals surface area contributed by atoms with Crippen molar-refractivity contribution in [1.82, 2.24) is 20.4 Å². The lowest BCUT2D eigenvalue weighted by molar-refractivity contribution is -0.126. The maximum absolute atomic E-state index is 12.8. The second kappa shape index (κ2) is 9.24. The number of likely N-dealkylation sites (tertiary alicyclic amines) is 1. The van der Waals surface area contributed by atoms with E-state index in [9.17, 15) is 9.59 Å². The van der Waals surface area contributed by atoms with Gasteiger partial charge in [0.25, 0.3) is 0 Å². The van der Waals surface area contributed by atoms with E-state index in [2.05, 4.69) is 26.4 Å². The van der Waals surface area contributed by atoms with Gasteiger partial charge in [0.2, 0.25) is 11.8 Å². The molecule has 28 heavy (non-hydrogen) atoms. The molecule has 3 heterocycles. The predicted molar refractivity (Wildman–Crippen MR) is 103 cm³/mol. The number of carbonyl (C=O) groups is 2. The number of nitrogens with zero attached hydrogens (tertiary/aromatic N) is 2. The molecule has 3 atom stereocenters. The van der Waals surface area contributed by atoms with Crippen LogP contribution in [-0.4, -0.2) is 71.5 Å². The Labute approximate surface area is 165 Å². The number of aliphatic hydroxyl groups is 1. The Bertz CT molecular complexity index is 741. The molecule has 1 aromatic rings. The summed E-state index contributed by atoms with van der Waals surface area (Å²) < 4.78 is 5.59. The summed E-state index contributed by atoms with van der Waals surface area (Å²) in [6, 6.07) is 3.53. The summed E-state index contributed by atoms with van der Waals surface area (Å²) in [6.45, 7) is 1.94. The highest BCUT2D eigenvalue weighted by Crippen LogP contribution is 2.28. The molecule has 2 aliphatic rings. The first-order chi connectivity index (χ1) is 13.5. The first-order valence-corrected chi connectivity index (χ1v) is 9.65. The molecule has 1 aromatic heterocycles. The standard InChI is InChI=1S/C20H28N4O4/c1-3-9-21-18(26)7-4-14-11-22-20(27)19-17(23(14)2)8-10-24(19)12-15-5-6-16(13-25)28-15/h1,5-6,14,17,19,25H,4,7-13H2,2H3,(H,21,26)(H,22,27). The minimum absolute atomic E-state index is 0.0163. The SMILES string of the molecule is C#CCNC(=O)CCC1CNC(=O)C2C(CCN2Cc2ccc(CO)o2)N1C. The second-order valence-electron chi connectivity index (χ2n) is 7.38. The van der Waals surface area contributed by atoms with Gasteiger partial charge in [-0.2, -0.15) is 0 Å². The Morgan fingerprint density at radius 3 is 2.96 bits per heavy atom. The zero-order valence-electron chi connectivity index (χ0n) is 16.2. The summed E-state index contributed by atoms with van der Waals surface area (Å²) >= 11 is 0. The van der Waals surface area contributed by atoms with Gasteiger partial charge in [-0.1, -0.05) is 5.92 Å². The van der Waals surface area contributed by atoms with Crippen LogP contribution in [0.2, 0.25) is 0 Å². The Balaban J connectivity index is 1.62. The van der Waals surface area contributed by atoms with Crippen LogP contribution in [0.1, 0.15) is 30.8 Å². The van der Waals surface area contributed by atoms with Gasteiger partial charge < -0.3 is 20.2 Å². The van der Waals surface area contributed by atoms with Crippen molar-refractivity contribution >= 4 is 11.8 Å². The first kappa shape index (κ1) is 20.4. The van der Waals surface area contributed by atoms with E-state index in [1.165, 1.54) is 0 Å². The molecular weight excluding hydrogens is 360 g/mol. The third kappa shape index (κ3) is 4.55. The Hall–Kier alpha value is -2.34. The molecule has 0 aliphatic carbocycles. The fourth-order valence-corrected chi connectivity index (χ4v) is 4.15. The van der Waals surface area contributed by atoms with E-state index in [0.29, 0.717) is 31.7 Å². The maximum Gasteiger partial charge on any atom is 0.239 e. The van der Waals surface area contributed by atoms with Crippen LogP contribution in [0.4, 0.5) is 0 Å². The highest BCUT2D eigenvalue weighted by atomic mass is 16.4. The highest BCUT2D eigenvalue weighted by molar-refractivity contribution is 5.83. The Morgan fingerprint density at radius 2 is 2.25 bits per heavy atom. The third-order valence-electron chi connectivity index (χ3n) is 5.67. The molecule has 0 radical (unpaired) electrons. The zero-order valence-corrected chi connectivity index (χ0v) is 16.2. The minimum atomic E-state index is -0.257. The van der Waals surface area contributed by atoms with E-state index in [4.69, 9.17) is 15.9 Å². The lowest BCUT2D eigenvalue weighted by atomic mass is 10.0. The molecule has 8 heteroatoms. The quantitative estimate of drug-likeness (QED) is 0.554. The average molecular weight is 388 g/mol. The van der Waals surface area contributed by atoms with Crippen molar-refractivity contribution in [3.63, 3.8) is 0 Å². The van der Waals surface area contributed by atoms with E-state index in [0.717, 1.165) is 18.7 Å². The van der Waals surface area contributed by atoms with Gasteiger partial charge >= 0.3 is 0 Å². The number of likely N-dealkylation sites (N-methyl/N-ethyl adjacent to an activating group) is 1. The van der Waals surface area contributed by atoms with Crippen LogP contribution in [0.3, 0.4) is 0 Å². The number of aliphatic hydroxyl groups excluding tert-OH is 1. The van der Waals surface area contributed by atoms with E-state index in [1.807, 2.05) is 13.1 Å². The fraction of sp³-hybridized carbons (Fsp3) is 0.600. The van der Waals surface area contributed by atoms with E-state index >= 15 is 0 Å². The largest absolute Gasteiger partial charge is 0.462 e. The summed E-state index contributed by atoms with van der Waals surface area (Å²) in [5.41, 5.74) is 0. The average Bonchev–Trinajstić information content (AvgIpc) is 3.30. The molecule has 0 aromatic carbocycles. The van der Waals surface area contributed by atoms with Gasteiger partial charge in [0, 0.05) is 31.6 Å². The van der Waals surface area contributed by atoms with Crippen LogP contribution in [0.15, 0.2) is 16.5 Å². The van der Waals surface area contributed by atoms with Gasteiger partial charge in [-0.25, -0.2) is 0 Å². The van der Waals surface area contributed by atoms with Crippen molar-refractivity contribution in [2.24, 2.45) is 0 Å². The molecule has 2 fully saturated rings. The molecule has 0 spiro atoms. The van der Waals surface area contributed by atoms with Crippen LogP contribution >= 0.6 is 0 Å². The molecule has 3 rings (SSSR count). The topological polar surface area (TPSA) is 98.0 Å². The lowest BCUT2D eigenvalue weighted by Crippen LogP contribution is -2.49. The van der Waals surface area contributed by atoms with Crippen molar-refractivity contribution in [3.05, 3.63) is 23.7 Å². The number of hydrogen-bond acceptors (Lipinski definition) is 6. The summed E-state index contributed by atoms with van der Waals surface area (Å²) in [6.07, 6.45) is 7.08. The predicted octanol–water partition coefficient (Wildman–Crippen LogP) is -0.325. The molecule has 2 aliphatic heterocycles. The van der Waals surface area contributed by atoms with Crippen LogP contribution in [0.5, 0.6) is 0 Å². The van der Waals surface area contributed by atoms with Crippen molar-refractivity contribution in [1.29, 1.82) is 0 Å². The van der Waals surface area contributed by atoms with Gasteiger partial charge in [-0.15, -0.1) is 6.42 Å². The second-order valence-corrected chi connectivity index (χ2v) is 7.38. The summed E-state index contributed by atoms with van der Waals surface area (Å²) in [5.74, 6) is 3.61. The van der Waals surface area contributed by atoms with E-state index in [-0.39, 0.29) is 43.1 Å². The number of carbonyl (C=O) groups excluding carboxylic acids is 2. The number of rotatable bonds is 7. The molecule has 0 saturated carbocycles. The number of terminal acetylenes is 1. The van der Waals surface area contributed by atoms with Gasteiger partial charge in [0.1, 0.15) is 24.2 Å². The minimum Gasteiger partial charge on any atom is -0.462 e. The van der Waals surface area contributed by atoms with Gasteiger partial charge in [0.05, 0.1) is 13.1 Å². The molecule has 3 unspecified atom stereocenters. The van der Waals surface area contributed by atoms with E-state index < -0.39 is 0 Å². The monoisotopic (exact) mass is 388 g/mol. The molecule has 2 saturated heterocycles. The number of furan rings is 1. The van der Waals surface area contributed by atoms with Crippen molar-refractivity contribution in [3.8, 4) is 12.3 Å². The number of nitrogens with one attached hydrogen (secondary N) is 2. The zero-order chi connectivity index (χ0) is 20.1. The maximum atomic E-state index is 12.8. The number of fused-ring (bicyclic) bond motifs is 1. The molecular formula is C20H28N4O4. The van der Waals surface area contributed by atoms with Gasteiger partial charge in [0.15, 0.2) is 0 Å². The van der Waals surface area contributed by atoms with Crippen LogP contribution in [-0.2, 0) is 22.7 Å². The van der Waals surface area contributed by atoms with Crippen LogP contribution < -0.4 is 10.6 Å². The van der Waals surface area contributed by atoms with Crippen LogP contribution in [0, 0.1) is 12.3 Å². The fourth-order valence-electron chi connectivity index (χ4n) is 4.15. The highest BCUT2D eigenvalue weighted by Gasteiger charge is 2.45. The summed E-state index contributed by atoms with van der Waals surface area (Å²) in [4.78, 5) is 29.0. The number of amides is 2. The summed E-state index contributed by atoms with van der Waals surface area (Å²) in [7, 11) is 2.03. The first-order valence-electron chi connectivity index (χ1n) is 9.65. The summed E-state index contributed by atoms with van der Waals surface area (Å²) in [5, 5.41) is 14.9. The molecule has 8 nitrogen and oxygen atoms in total. The molecule has 2 amide bonds. The van der Waals surface area contributed by atoms with Crippen molar-refractivity contribution < 1.29 is 19.1 Å². The Morgan fingerprint density at radius 1 is 1.46 bits per heavy atom. The van der Waals surface area contributed by atoms with Gasteiger partial charge in [-0.05, 0) is 32.0 Å². The Kier molecular flexibility index (Phi) is 6.73. The van der Waals surface area contributed by atoms with E-state index in [1.54, 1.807) is 6.07 Å². The molecule has 3 N–H and O–H groups in total. The van der Waals surface area contributed by atoms with Crippen molar-refractivity contribution in [2.45, 2.75) is 50.5 Å².